The minimum atomic E-state index is -0.881. The fourth-order valence-electron chi connectivity index (χ4n) is 2.73. The molecular formula is C22H19NO6. The summed E-state index contributed by atoms with van der Waals surface area (Å²) in [6.45, 7) is 1.49. The molecule has 148 valence electrons. The first-order valence-electron chi connectivity index (χ1n) is 9.00. The van der Waals surface area contributed by atoms with Crippen LogP contribution in [0.2, 0.25) is 0 Å². The molecule has 0 fully saturated rings. The molecule has 0 spiro atoms. The van der Waals surface area contributed by atoms with Gasteiger partial charge in [0.15, 0.2) is 17.8 Å². The molecule has 0 bridgehead atoms. The van der Waals surface area contributed by atoms with Crippen LogP contribution in [0, 0.1) is 0 Å². The van der Waals surface area contributed by atoms with Crippen molar-refractivity contribution in [1.29, 1.82) is 0 Å². The molecule has 1 amide bonds. The van der Waals surface area contributed by atoms with Gasteiger partial charge < -0.3 is 14.5 Å². The number of amides is 1. The first-order chi connectivity index (χ1) is 13.9. The largest absolute Gasteiger partial charge is 0.451 e. The van der Waals surface area contributed by atoms with Crippen LogP contribution in [0.3, 0.4) is 0 Å². The first kappa shape index (κ1) is 20.0. The summed E-state index contributed by atoms with van der Waals surface area (Å²) in [5, 5.41) is 3.06. The van der Waals surface area contributed by atoms with Gasteiger partial charge in [0, 0.05) is 25.1 Å². The van der Waals surface area contributed by atoms with Crippen LogP contribution in [0.4, 0.5) is 0 Å². The Bertz CT molecular complexity index is 1110. The molecule has 0 saturated heterocycles. The van der Waals surface area contributed by atoms with Gasteiger partial charge in [0.1, 0.15) is 5.58 Å². The van der Waals surface area contributed by atoms with E-state index in [4.69, 9.17) is 9.15 Å². The van der Waals surface area contributed by atoms with E-state index < -0.39 is 12.6 Å². The van der Waals surface area contributed by atoms with Crippen LogP contribution in [0.25, 0.3) is 11.0 Å². The van der Waals surface area contributed by atoms with E-state index in [-0.39, 0.29) is 28.5 Å². The molecule has 0 aliphatic rings. The van der Waals surface area contributed by atoms with E-state index in [0.717, 1.165) is 11.6 Å². The number of fused-ring (bicyclic) bond motifs is 1. The van der Waals surface area contributed by atoms with E-state index in [1.807, 2.05) is 0 Å². The van der Waals surface area contributed by atoms with Gasteiger partial charge in [-0.3, -0.25) is 14.4 Å². The predicted octanol–water partition coefficient (Wildman–Crippen LogP) is 2.51. The van der Waals surface area contributed by atoms with E-state index >= 15 is 0 Å². The van der Waals surface area contributed by atoms with E-state index in [9.17, 15) is 19.2 Å². The average Bonchev–Trinajstić information content (AvgIpc) is 2.72. The van der Waals surface area contributed by atoms with Gasteiger partial charge in [0.2, 0.25) is 11.7 Å². The lowest BCUT2D eigenvalue weighted by Gasteiger charge is -2.06. The number of hydrogen-bond donors (Lipinski definition) is 1. The smallest absolute Gasteiger partial charge is 0.374 e. The zero-order valence-electron chi connectivity index (χ0n) is 15.8. The minimum absolute atomic E-state index is 0.0964. The first-order valence-corrected chi connectivity index (χ1v) is 9.00. The highest BCUT2D eigenvalue weighted by Gasteiger charge is 2.16. The molecule has 29 heavy (non-hydrogen) atoms. The molecule has 1 aromatic heterocycles. The highest BCUT2D eigenvalue weighted by Crippen LogP contribution is 2.13. The molecule has 7 heteroatoms. The Morgan fingerprint density at radius 1 is 1.03 bits per heavy atom. The summed E-state index contributed by atoms with van der Waals surface area (Å²) < 4.78 is 10.4. The van der Waals surface area contributed by atoms with Crippen molar-refractivity contribution < 1.29 is 23.5 Å². The maximum Gasteiger partial charge on any atom is 0.374 e. The van der Waals surface area contributed by atoms with Crippen LogP contribution in [-0.4, -0.2) is 30.8 Å². The third-order valence-corrected chi connectivity index (χ3v) is 4.23. The molecular weight excluding hydrogens is 374 g/mol. The van der Waals surface area contributed by atoms with Gasteiger partial charge in [-0.05, 0) is 24.1 Å². The Morgan fingerprint density at radius 2 is 1.76 bits per heavy atom. The average molecular weight is 393 g/mol. The fraction of sp³-hybridized carbons (Fsp3) is 0.182. The number of nitrogens with one attached hydrogen (secondary N) is 1. The number of carbonyl (C=O) groups excluding carboxylic acids is 3. The maximum absolute atomic E-state index is 12.2. The standard InChI is InChI=1S/C22H19NO6/c1-14(24)23-11-10-15-6-8-16(9-7-15)19(26)13-28-22(27)21-12-18(25)17-4-2-3-5-20(17)29-21/h2-9,12H,10-11,13H2,1H3,(H,23,24). The maximum atomic E-state index is 12.2. The Labute approximate surface area is 166 Å². The van der Waals surface area contributed by atoms with Crippen molar-refractivity contribution in [3.63, 3.8) is 0 Å². The molecule has 0 atom stereocenters. The number of ether oxygens (including phenoxy) is 1. The lowest BCUT2D eigenvalue weighted by molar-refractivity contribution is -0.118. The van der Waals surface area contributed by atoms with Crippen molar-refractivity contribution in [2.24, 2.45) is 0 Å². The minimum Gasteiger partial charge on any atom is -0.451 e. The highest BCUT2D eigenvalue weighted by atomic mass is 16.5. The molecule has 0 radical (unpaired) electrons. The van der Waals surface area contributed by atoms with Gasteiger partial charge in [-0.25, -0.2) is 4.79 Å². The number of rotatable bonds is 7. The van der Waals surface area contributed by atoms with Crippen molar-refractivity contribution in [1.82, 2.24) is 5.32 Å². The van der Waals surface area contributed by atoms with Gasteiger partial charge in [0.05, 0.1) is 5.39 Å². The van der Waals surface area contributed by atoms with E-state index in [0.29, 0.717) is 23.9 Å². The second-order valence-electron chi connectivity index (χ2n) is 6.40. The SMILES string of the molecule is CC(=O)NCCc1ccc(C(=O)COC(=O)c2cc(=O)c3ccccc3o2)cc1. The lowest BCUT2D eigenvalue weighted by atomic mass is 10.1. The second kappa shape index (κ2) is 8.97. The molecule has 7 nitrogen and oxygen atoms in total. The molecule has 3 aromatic rings. The normalized spacial score (nSPS) is 10.5. The van der Waals surface area contributed by atoms with Crippen LogP contribution in [0.5, 0.6) is 0 Å². The topological polar surface area (TPSA) is 103 Å². The Hall–Kier alpha value is -3.74. The quantitative estimate of drug-likeness (QED) is 0.489. The summed E-state index contributed by atoms with van der Waals surface area (Å²) in [6.07, 6.45) is 0.643. The summed E-state index contributed by atoms with van der Waals surface area (Å²) in [5.41, 5.74) is 1.26. The van der Waals surface area contributed by atoms with Gasteiger partial charge in [-0.15, -0.1) is 0 Å². The number of benzene rings is 2. The van der Waals surface area contributed by atoms with Crippen LogP contribution in [-0.2, 0) is 16.0 Å². The molecule has 3 rings (SSSR count). The van der Waals surface area contributed by atoms with E-state index in [1.165, 1.54) is 6.92 Å². The molecule has 0 unspecified atom stereocenters. The van der Waals surface area contributed by atoms with Gasteiger partial charge in [-0.2, -0.15) is 0 Å². The van der Waals surface area contributed by atoms with E-state index in [1.54, 1.807) is 48.5 Å². The predicted molar refractivity (Wildman–Crippen MR) is 106 cm³/mol. The second-order valence-corrected chi connectivity index (χ2v) is 6.40. The third-order valence-electron chi connectivity index (χ3n) is 4.23. The summed E-state index contributed by atoms with van der Waals surface area (Å²) in [5.74, 6) is -1.61. The highest BCUT2D eigenvalue weighted by molar-refractivity contribution is 5.99. The number of esters is 1. The number of hydrogen-bond acceptors (Lipinski definition) is 6. The third kappa shape index (κ3) is 5.16. The van der Waals surface area contributed by atoms with Gasteiger partial charge in [-0.1, -0.05) is 36.4 Å². The molecule has 1 heterocycles. The van der Waals surface area contributed by atoms with E-state index in [2.05, 4.69) is 5.32 Å². The van der Waals surface area contributed by atoms with Gasteiger partial charge in [0.25, 0.3) is 0 Å². The van der Waals surface area contributed by atoms with Crippen LogP contribution < -0.4 is 10.7 Å². The van der Waals surface area contributed by atoms with Gasteiger partial charge >= 0.3 is 5.97 Å². The van der Waals surface area contributed by atoms with Crippen LogP contribution in [0.15, 0.2) is 63.8 Å². The summed E-state index contributed by atoms with van der Waals surface area (Å²) in [6, 6.07) is 14.4. The Kier molecular flexibility index (Phi) is 6.19. The van der Waals surface area contributed by atoms with Crippen molar-refractivity contribution in [3.8, 4) is 0 Å². The molecule has 0 saturated carbocycles. The molecule has 0 aliphatic carbocycles. The fourth-order valence-corrected chi connectivity index (χ4v) is 2.73. The lowest BCUT2D eigenvalue weighted by Crippen LogP contribution is -2.22. The van der Waals surface area contributed by atoms with Crippen molar-refractivity contribution >= 4 is 28.6 Å². The number of para-hydroxylation sites is 1. The van der Waals surface area contributed by atoms with Crippen molar-refractivity contribution in [2.75, 3.05) is 13.2 Å². The monoisotopic (exact) mass is 393 g/mol. The van der Waals surface area contributed by atoms with Crippen LogP contribution >= 0.6 is 0 Å². The summed E-state index contributed by atoms with van der Waals surface area (Å²) in [4.78, 5) is 47.3. The number of Topliss-reactive ketones (excluding diaryl/α,β-unsaturated/α-hetero) is 1. The Morgan fingerprint density at radius 3 is 2.48 bits per heavy atom. The zero-order chi connectivity index (χ0) is 20.8. The molecule has 2 aromatic carbocycles. The number of ketones is 1. The summed E-state index contributed by atoms with van der Waals surface area (Å²) >= 11 is 0. The number of carbonyl (C=O) groups is 3. The van der Waals surface area contributed by atoms with Crippen LogP contribution in [0.1, 0.15) is 33.4 Å². The Balaban J connectivity index is 1.59. The van der Waals surface area contributed by atoms with Crippen molar-refractivity contribution in [3.05, 3.63) is 81.7 Å². The van der Waals surface area contributed by atoms with Crippen molar-refractivity contribution in [2.45, 2.75) is 13.3 Å². The summed E-state index contributed by atoms with van der Waals surface area (Å²) in [7, 11) is 0. The zero-order valence-corrected chi connectivity index (χ0v) is 15.8. The molecule has 1 N–H and O–H groups in total. The molecule has 0 aliphatic heterocycles.